The summed E-state index contributed by atoms with van der Waals surface area (Å²) in [5.74, 6) is -0.740. The number of carbonyl (C=O) groups excluding carboxylic acids is 2. The molecule has 0 spiro atoms. The van der Waals surface area contributed by atoms with Gasteiger partial charge in [-0.05, 0) is 24.3 Å². The minimum atomic E-state index is -0.363. The molecule has 2 aromatic carbocycles. The van der Waals surface area contributed by atoms with Gasteiger partial charge in [0.25, 0.3) is 0 Å². The molecule has 0 fully saturated rings. The van der Waals surface area contributed by atoms with Crippen LogP contribution in [0.4, 0.5) is 5.69 Å². The van der Waals surface area contributed by atoms with E-state index in [-0.39, 0.29) is 17.6 Å². The fourth-order valence-corrected chi connectivity index (χ4v) is 2.02. The molecule has 20 heavy (non-hydrogen) atoms. The van der Waals surface area contributed by atoms with Crippen LogP contribution in [-0.4, -0.2) is 17.6 Å². The summed E-state index contributed by atoms with van der Waals surface area (Å²) in [5, 5.41) is 3.09. The molecule has 5 heteroatoms. The molecule has 0 aromatic heterocycles. The average Bonchev–Trinajstić information content (AvgIpc) is 2.47. The van der Waals surface area contributed by atoms with Crippen molar-refractivity contribution in [1.82, 2.24) is 0 Å². The number of benzene rings is 2. The van der Waals surface area contributed by atoms with Crippen molar-refractivity contribution in [3.05, 3.63) is 64.7 Å². The van der Waals surface area contributed by atoms with Gasteiger partial charge in [-0.25, -0.2) is 0 Å². The van der Waals surface area contributed by atoms with Gasteiger partial charge in [0.05, 0.1) is 5.69 Å². The molecule has 0 saturated heterocycles. The molecular weight excluding hydrogens is 297 g/mol. The van der Waals surface area contributed by atoms with Gasteiger partial charge in [-0.15, -0.1) is 11.6 Å². The van der Waals surface area contributed by atoms with Gasteiger partial charge in [0, 0.05) is 16.1 Å². The fourth-order valence-electron chi connectivity index (χ4n) is 1.76. The Hall–Kier alpha value is -1.84. The zero-order chi connectivity index (χ0) is 14.5. The molecule has 0 atom stereocenters. The summed E-state index contributed by atoms with van der Waals surface area (Å²) in [4.78, 5) is 23.8. The van der Waals surface area contributed by atoms with E-state index < -0.39 is 0 Å². The Labute approximate surface area is 126 Å². The molecule has 0 aliphatic heterocycles. The smallest absolute Gasteiger partial charge is 0.239 e. The highest BCUT2D eigenvalue weighted by Gasteiger charge is 2.14. The van der Waals surface area contributed by atoms with Gasteiger partial charge in [0.1, 0.15) is 5.88 Å². The van der Waals surface area contributed by atoms with Gasteiger partial charge in [-0.2, -0.15) is 0 Å². The highest BCUT2D eigenvalue weighted by molar-refractivity contribution is 6.31. The molecule has 1 amide bonds. The lowest BCUT2D eigenvalue weighted by Gasteiger charge is -2.09. The minimum absolute atomic E-state index is 0.167. The summed E-state index contributed by atoms with van der Waals surface area (Å²) in [6, 6.07) is 13.4. The largest absolute Gasteiger partial charge is 0.324 e. The molecule has 0 heterocycles. The standard InChI is InChI=1S/C15H11Cl2NO2/c16-9-14(19)18-13-7-2-1-6-12(13)15(20)10-4-3-5-11(17)8-10/h1-8H,9H2,(H,18,19). The van der Waals surface area contributed by atoms with E-state index in [1.165, 1.54) is 0 Å². The maximum Gasteiger partial charge on any atom is 0.239 e. The highest BCUT2D eigenvalue weighted by atomic mass is 35.5. The van der Waals surface area contributed by atoms with Crippen molar-refractivity contribution in [2.45, 2.75) is 0 Å². The molecule has 0 aliphatic rings. The van der Waals surface area contributed by atoms with E-state index in [0.717, 1.165) is 0 Å². The van der Waals surface area contributed by atoms with E-state index in [2.05, 4.69) is 5.32 Å². The summed E-state index contributed by atoms with van der Waals surface area (Å²) in [6.07, 6.45) is 0. The van der Waals surface area contributed by atoms with Gasteiger partial charge in [0.2, 0.25) is 5.91 Å². The first-order valence-corrected chi connectivity index (χ1v) is 6.78. The van der Waals surface area contributed by atoms with Crippen molar-refractivity contribution < 1.29 is 9.59 Å². The second kappa shape index (κ2) is 6.55. The second-order valence-corrected chi connectivity index (χ2v) is 4.77. The number of nitrogens with one attached hydrogen (secondary N) is 1. The molecule has 0 bridgehead atoms. The van der Waals surface area contributed by atoms with E-state index in [4.69, 9.17) is 23.2 Å². The molecule has 0 saturated carbocycles. The van der Waals surface area contributed by atoms with E-state index in [1.54, 1.807) is 48.5 Å². The van der Waals surface area contributed by atoms with Crippen LogP contribution in [0, 0.1) is 0 Å². The summed E-state index contributed by atoms with van der Waals surface area (Å²) in [5.41, 5.74) is 1.29. The first-order valence-electron chi connectivity index (χ1n) is 5.87. The van der Waals surface area contributed by atoms with E-state index in [9.17, 15) is 9.59 Å². The van der Waals surface area contributed by atoms with Crippen LogP contribution in [0.1, 0.15) is 15.9 Å². The number of ketones is 1. The van der Waals surface area contributed by atoms with Crippen LogP contribution in [0.2, 0.25) is 5.02 Å². The van der Waals surface area contributed by atoms with Crippen molar-refractivity contribution in [1.29, 1.82) is 0 Å². The van der Waals surface area contributed by atoms with Crippen molar-refractivity contribution in [2.24, 2.45) is 0 Å². The molecule has 102 valence electrons. The molecule has 1 N–H and O–H groups in total. The summed E-state index contributed by atoms with van der Waals surface area (Å²) >= 11 is 11.3. The van der Waals surface area contributed by atoms with Gasteiger partial charge in [-0.1, -0.05) is 35.9 Å². The zero-order valence-corrected chi connectivity index (χ0v) is 11.9. The van der Waals surface area contributed by atoms with Crippen LogP contribution in [-0.2, 0) is 4.79 Å². The molecule has 0 unspecified atom stereocenters. The van der Waals surface area contributed by atoms with Gasteiger partial charge in [-0.3, -0.25) is 9.59 Å². The van der Waals surface area contributed by atoms with E-state index >= 15 is 0 Å². The Bertz CT molecular complexity index is 656. The summed E-state index contributed by atoms with van der Waals surface area (Å²) < 4.78 is 0. The third-order valence-electron chi connectivity index (χ3n) is 2.65. The molecule has 3 nitrogen and oxygen atoms in total. The number of rotatable bonds is 4. The Morgan fingerprint density at radius 2 is 1.80 bits per heavy atom. The fraction of sp³-hybridized carbons (Fsp3) is 0.0667. The van der Waals surface area contributed by atoms with Crippen LogP contribution in [0.5, 0.6) is 0 Å². The Morgan fingerprint density at radius 3 is 2.50 bits per heavy atom. The van der Waals surface area contributed by atoms with Crippen molar-refractivity contribution in [3.63, 3.8) is 0 Å². The lowest BCUT2D eigenvalue weighted by Crippen LogP contribution is -2.15. The number of alkyl halides is 1. The van der Waals surface area contributed by atoms with Crippen LogP contribution in [0.15, 0.2) is 48.5 Å². The lowest BCUT2D eigenvalue weighted by molar-refractivity contribution is -0.113. The monoisotopic (exact) mass is 307 g/mol. The SMILES string of the molecule is O=C(CCl)Nc1ccccc1C(=O)c1cccc(Cl)c1. The quantitative estimate of drug-likeness (QED) is 0.690. The number of hydrogen-bond acceptors (Lipinski definition) is 2. The first-order chi connectivity index (χ1) is 9.61. The highest BCUT2D eigenvalue weighted by Crippen LogP contribution is 2.21. The van der Waals surface area contributed by atoms with Crippen LogP contribution < -0.4 is 5.32 Å². The Balaban J connectivity index is 2.37. The van der Waals surface area contributed by atoms with Crippen LogP contribution >= 0.6 is 23.2 Å². The number of para-hydroxylation sites is 1. The van der Waals surface area contributed by atoms with Gasteiger partial charge in [0.15, 0.2) is 5.78 Å². The third kappa shape index (κ3) is 3.38. The average molecular weight is 308 g/mol. The lowest BCUT2D eigenvalue weighted by atomic mass is 10.0. The third-order valence-corrected chi connectivity index (χ3v) is 3.13. The van der Waals surface area contributed by atoms with Gasteiger partial charge < -0.3 is 5.32 Å². The summed E-state index contributed by atoms with van der Waals surface area (Å²) in [7, 11) is 0. The maximum atomic E-state index is 12.4. The zero-order valence-electron chi connectivity index (χ0n) is 10.4. The first kappa shape index (κ1) is 14.6. The second-order valence-electron chi connectivity index (χ2n) is 4.07. The molecule has 2 aromatic rings. The van der Waals surface area contributed by atoms with E-state index in [1.807, 2.05) is 0 Å². The van der Waals surface area contributed by atoms with E-state index in [0.29, 0.717) is 21.8 Å². The normalized spacial score (nSPS) is 10.1. The number of anilines is 1. The van der Waals surface area contributed by atoms with Crippen molar-refractivity contribution >= 4 is 40.6 Å². The molecule has 2 rings (SSSR count). The number of halogens is 2. The Morgan fingerprint density at radius 1 is 1.05 bits per heavy atom. The molecule has 0 radical (unpaired) electrons. The Kier molecular flexibility index (Phi) is 4.77. The predicted octanol–water partition coefficient (Wildman–Crippen LogP) is 3.75. The van der Waals surface area contributed by atoms with Crippen molar-refractivity contribution in [3.8, 4) is 0 Å². The number of amides is 1. The number of carbonyl (C=O) groups is 2. The number of hydrogen-bond donors (Lipinski definition) is 1. The van der Waals surface area contributed by atoms with Crippen LogP contribution in [0.3, 0.4) is 0 Å². The van der Waals surface area contributed by atoms with Crippen LogP contribution in [0.25, 0.3) is 0 Å². The van der Waals surface area contributed by atoms with Crippen molar-refractivity contribution in [2.75, 3.05) is 11.2 Å². The summed E-state index contributed by atoms with van der Waals surface area (Å²) in [6.45, 7) is 0. The maximum absolute atomic E-state index is 12.4. The molecule has 0 aliphatic carbocycles. The minimum Gasteiger partial charge on any atom is -0.324 e. The predicted molar refractivity (Wildman–Crippen MR) is 80.7 cm³/mol. The molecular formula is C15H11Cl2NO2. The topological polar surface area (TPSA) is 46.2 Å². The van der Waals surface area contributed by atoms with Gasteiger partial charge >= 0.3 is 0 Å².